The van der Waals surface area contributed by atoms with Gasteiger partial charge < -0.3 is 8.92 Å². The van der Waals surface area contributed by atoms with Crippen LogP contribution in [0.5, 0.6) is 0 Å². The Morgan fingerprint density at radius 3 is 2.55 bits per heavy atom. The highest BCUT2D eigenvalue weighted by Crippen LogP contribution is 2.73. The summed E-state index contributed by atoms with van der Waals surface area (Å²) in [6.45, 7) is 8.04. The maximum Gasteiger partial charge on any atom is 0.534 e. The lowest BCUT2D eigenvalue weighted by Crippen LogP contribution is -2.72. The molecule has 5 atom stereocenters. The highest BCUT2D eigenvalue weighted by molar-refractivity contribution is 7.87. The Kier molecular flexibility index (Phi) is 4.30. The summed E-state index contributed by atoms with van der Waals surface area (Å²) in [6, 6.07) is 0. The van der Waals surface area contributed by atoms with Crippen molar-refractivity contribution < 1.29 is 35.3 Å². The summed E-state index contributed by atoms with van der Waals surface area (Å²) in [5.41, 5.74) is -7.29. The maximum atomic E-state index is 13.1. The van der Waals surface area contributed by atoms with E-state index in [-0.39, 0.29) is 24.0 Å². The van der Waals surface area contributed by atoms with Gasteiger partial charge in [-0.3, -0.25) is 4.79 Å². The largest absolute Gasteiger partial charge is 0.534 e. The molecule has 0 N–H and O–H groups in total. The Morgan fingerprint density at radius 2 is 1.93 bits per heavy atom. The van der Waals surface area contributed by atoms with Gasteiger partial charge in [-0.05, 0) is 63.4 Å². The number of alkyl halides is 3. The Morgan fingerprint density at radius 1 is 1.28 bits per heavy atom. The smallest absolute Gasteiger partial charge is 0.457 e. The van der Waals surface area contributed by atoms with Gasteiger partial charge in [-0.1, -0.05) is 19.1 Å². The maximum absolute atomic E-state index is 13.1. The number of rotatable bonds is 3. The second kappa shape index (κ2) is 6.02. The molecule has 2 bridgehead atoms. The quantitative estimate of drug-likeness (QED) is 0.281. The van der Waals surface area contributed by atoms with Crippen molar-refractivity contribution in [3.63, 3.8) is 0 Å². The number of carbonyl (C=O) groups excluding carboxylic acids is 1. The summed E-state index contributed by atoms with van der Waals surface area (Å²) in [4.78, 5) is 12.4. The van der Waals surface area contributed by atoms with Gasteiger partial charge in [-0.25, -0.2) is 0 Å². The Balaban J connectivity index is 1.87. The summed E-state index contributed by atoms with van der Waals surface area (Å²) in [5.74, 6) is -0.765. The molecule has 4 aliphatic carbocycles. The van der Waals surface area contributed by atoms with Crippen molar-refractivity contribution in [2.45, 2.75) is 69.9 Å². The van der Waals surface area contributed by atoms with E-state index in [1.165, 1.54) is 6.08 Å². The molecule has 5 nitrogen and oxygen atoms in total. The Labute approximate surface area is 168 Å². The number of ether oxygens (including phenoxy) is 1. The standard InChI is InChI=1S/C20H25F3O5S/c1-12(2)14-5-9-18-8-4-13(10-15(18)28-29(25,26)20(21,22)23)11-19(18)17(14,3)7-6-16(24)27-19/h10,13-14H,1,4-9,11H2,2-3H3. The van der Waals surface area contributed by atoms with E-state index < -0.39 is 38.0 Å². The van der Waals surface area contributed by atoms with Crippen LogP contribution in [0.1, 0.15) is 58.8 Å². The van der Waals surface area contributed by atoms with Crippen molar-refractivity contribution in [1.29, 1.82) is 0 Å². The van der Waals surface area contributed by atoms with Crippen molar-refractivity contribution in [2.75, 3.05) is 0 Å². The average Bonchev–Trinajstić information content (AvgIpc) is 2.58. The van der Waals surface area contributed by atoms with E-state index in [4.69, 9.17) is 8.92 Å². The molecule has 162 valence electrons. The molecule has 0 aromatic carbocycles. The second-order valence-corrected chi connectivity index (χ2v) is 10.8. The van der Waals surface area contributed by atoms with Gasteiger partial charge in [0.15, 0.2) is 0 Å². The molecule has 0 amide bonds. The molecule has 0 radical (unpaired) electrons. The molecule has 3 fully saturated rings. The lowest BCUT2D eigenvalue weighted by molar-refractivity contribution is -0.272. The molecule has 29 heavy (non-hydrogen) atoms. The molecule has 1 heterocycles. The van der Waals surface area contributed by atoms with E-state index in [9.17, 15) is 26.4 Å². The third-order valence-electron chi connectivity index (χ3n) is 7.89. The fourth-order valence-electron chi connectivity index (χ4n) is 6.66. The number of carbonyl (C=O) groups is 1. The topological polar surface area (TPSA) is 69.7 Å². The number of hydrogen-bond donors (Lipinski definition) is 0. The molecule has 2 saturated carbocycles. The lowest BCUT2D eigenvalue weighted by atomic mass is 9.39. The van der Waals surface area contributed by atoms with Crippen LogP contribution in [0.15, 0.2) is 24.0 Å². The zero-order chi connectivity index (χ0) is 21.5. The minimum atomic E-state index is -5.81. The first-order chi connectivity index (χ1) is 13.3. The fraction of sp³-hybridized carbons (Fsp3) is 0.750. The number of halogens is 3. The van der Waals surface area contributed by atoms with E-state index in [1.807, 2.05) is 13.8 Å². The third kappa shape index (κ3) is 2.58. The third-order valence-corrected chi connectivity index (χ3v) is 8.86. The zero-order valence-electron chi connectivity index (χ0n) is 16.5. The molecule has 2 spiro atoms. The normalized spacial score (nSPS) is 41.7. The van der Waals surface area contributed by atoms with Crippen molar-refractivity contribution in [3.8, 4) is 0 Å². The van der Waals surface area contributed by atoms with E-state index in [0.717, 1.165) is 5.57 Å². The monoisotopic (exact) mass is 434 g/mol. The number of fused-ring (bicyclic) bond motifs is 1. The first kappa shape index (κ1) is 20.8. The summed E-state index contributed by atoms with van der Waals surface area (Å²) in [7, 11) is -5.81. The van der Waals surface area contributed by atoms with E-state index in [1.54, 1.807) is 0 Å². The van der Waals surface area contributed by atoms with Crippen LogP contribution in [-0.4, -0.2) is 25.5 Å². The van der Waals surface area contributed by atoms with Crippen LogP contribution in [0, 0.1) is 22.7 Å². The minimum absolute atomic E-state index is 0.0287. The predicted octanol–water partition coefficient (Wildman–Crippen LogP) is 4.60. The first-order valence-corrected chi connectivity index (χ1v) is 11.3. The first-order valence-electron chi connectivity index (χ1n) is 9.88. The van der Waals surface area contributed by atoms with Crippen molar-refractivity contribution >= 4 is 16.1 Å². The van der Waals surface area contributed by atoms with Gasteiger partial charge in [-0.2, -0.15) is 21.6 Å². The molecule has 5 unspecified atom stereocenters. The molecule has 9 heteroatoms. The molecule has 0 aromatic rings. The van der Waals surface area contributed by atoms with Gasteiger partial charge in [-0.15, -0.1) is 0 Å². The number of hydrogen-bond acceptors (Lipinski definition) is 5. The molecule has 1 aliphatic heterocycles. The highest BCUT2D eigenvalue weighted by atomic mass is 32.2. The van der Waals surface area contributed by atoms with E-state index in [2.05, 4.69) is 6.58 Å². The molecule has 0 aromatic heterocycles. The van der Waals surface area contributed by atoms with Gasteiger partial charge in [0, 0.05) is 11.8 Å². The number of esters is 1. The predicted molar refractivity (Wildman–Crippen MR) is 97.6 cm³/mol. The van der Waals surface area contributed by atoms with Crippen LogP contribution in [0.2, 0.25) is 0 Å². The SMILES string of the molecule is C=C(C)C1CCC23CCC(C=C2OS(=O)(=O)C(F)(F)F)CC32OC(=O)CCC12C. The Hall–Kier alpha value is -1.51. The van der Waals surface area contributed by atoms with Crippen molar-refractivity contribution in [3.05, 3.63) is 24.0 Å². The highest BCUT2D eigenvalue weighted by Gasteiger charge is 2.75. The summed E-state index contributed by atoms with van der Waals surface area (Å²) in [6.07, 6.45) is 4.89. The van der Waals surface area contributed by atoms with E-state index in [0.29, 0.717) is 38.5 Å². The van der Waals surface area contributed by atoms with E-state index >= 15 is 0 Å². The molecular formula is C20H25F3O5S. The van der Waals surface area contributed by atoms with Crippen LogP contribution < -0.4 is 0 Å². The summed E-state index contributed by atoms with van der Waals surface area (Å²) < 4.78 is 73.6. The van der Waals surface area contributed by atoms with Crippen LogP contribution in [-0.2, 0) is 23.8 Å². The van der Waals surface area contributed by atoms with Crippen LogP contribution in [0.3, 0.4) is 0 Å². The van der Waals surface area contributed by atoms with Gasteiger partial charge in [0.2, 0.25) is 0 Å². The molecular weight excluding hydrogens is 409 g/mol. The average molecular weight is 434 g/mol. The van der Waals surface area contributed by atoms with Crippen molar-refractivity contribution in [1.82, 2.24) is 0 Å². The zero-order valence-corrected chi connectivity index (χ0v) is 17.3. The molecule has 5 aliphatic rings. The van der Waals surface area contributed by atoms with Crippen molar-refractivity contribution in [2.24, 2.45) is 22.7 Å². The number of allylic oxidation sites excluding steroid dienone is 2. The lowest BCUT2D eigenvalue weighted by Gasteiger charge is -2.69. The summed E-state index contributed by atoms with van der Waals surface area (Å²) in [5, 5.41) is 0. The van der Waals surface area contributed by atoms with Gasteiger partial charge in [0.05, 0.1) is 5.41 Å². The fourth-order valence-corrected chi connectivity index (χ4v) is 7.21. The molecule has 5 rings (SSSR count). The Bertz CT molecular complexity index is 908. The van der Waals surface area contributed by atoms with Gasteiger partial charge in [0.25, 0.3) is 0 Å². The minimum Gasteiger partial charge on any atom is -0.457 e. The van der Waals surface area contributed by atoms with Gasteiger partial charge in [0.1, 0.15) is 11.4 Å². The summed E-state index contributed by atoms with van der Waals surface area (Å²) >= 11 is 0. The van der Waals surface area contributed by atoms with Crippen LogP contribution in [0.4, 0.5) is 13.2 Å². The molecule has 1 saturated heterocycles. The second-order valence-electron chi connectivity index (χ2n) is 9.26. The van der Waals surface area contributed by atoms with Crippen LogP contribution >= 0.6 is 0 Å². The van der Waals surface area contributed by atoms with Crippen LogP contribution in [0.25, 0.3) is 0 Å². The van der Waals surface area contributed by atoms with Gasteiger partial charge >= 0.3 is 21.6 Å².